The fourth-order valence-corrected chi connectivity index (χ4v) is 1.43. The molecule has 0 aliphatic heterocycles. The molecule has 0 unspecified atom stereocenters. The lowest BCUT2D eigenvalue weighted by molar-refractivity contribution is -0.325. The Bertz CT molecular complexity index is 504. The number of halogens is 3. The first-order valence-corrected chi connectivity index (χ1v) is 5.36. The molecule has 1 rings (SSSR count). The lowest BCUT2D eigenvalue weighted by atomic mass is 10.4. The topological polar surface area (TPSA) is 53.2 Å². The van der Waals surface area contributed by atoms with Gasteiger partial charge in [0, 0.05) is 18.8 Å². The first-order chi connectivity index (χ1) is 8.35. The third-order valence-electron chi connectivity index (χ3n) is 2.18. The normalized spacial score (nSPS) is 11.8. The highest BCUT2D eigenvalue weighted by atomic mass is 19.4. The van der Waals surface area contributed by atoms with Gasteiger partial charge in [-0.05, 0) is 6.42 Å². The van der Waals surface area contributed by atoms with Crippen molar-refractivity contribution in [1.29, 1.82) is 0 Å². The summed E-state index contributed by atoms with van der Waals surface area (Å²) < 4.78 is 40.8. The second kappa shape index (κ2) is 5.85. The lowest BCUT2D eigenvalue weighted by Gasteiger charge is -2.10. The van der Waals surface area contributed by atoms with Crippen molar-refractivity contribution in [2.45, 2.75) is 32.8 Å². The maximum Gasteiger partial charge on any atom is 0.522 e. The van der Waals surface area contributed by atoms with Crippen molar-refractivity contribution in [2.24, 2.45) is 0 Å². The number of hydrogen-bond donors (Lipinski definition) is 0. The van der Waals surface area contributed by atoms with Crippen molar-refractivity contribution in [3.05, 3.63) is 33.1 Å². The third-order valence-corrected chi connectivity index (χ3v) is 2.18. The summed E-state index contributed by atoms with van der Waals surface area (Å²) in [6.07, 6.45) is -2.76. The van der Waals surface area contributed by atoms with Crippen LogP contribution >= 0.6 is 0 Å². The molecule has 5 nitrogen and oxygen atoms in total. The molecule has 0 fully saturated rings. The van der Waals surface area contributed by atoms with Crippen molar-refractivity contribution in [3.63, 3.8) is 0 Å². The Morgan fingerprint density at radius 3 is 2.50 bits per heavy atom. The lowest BCUT2D eigenvalue weighted by Crippen LogP contribution is -2.40. The van der Waals surface area contributed by atoms with E-state index in [1.807, 2.05) is 6.92 Å². The SMILES string of the molecule is CCCn1ccc(=O)n(CCOC(F)(F)F)c1=O. The molecule has 0 saturated carbocycles. The summed E-state index contributed by atoms with van der Waals surface area (Å²) in [5.74, 6) is 0. The Hall–Kier alpha value is -1.57. The number of aryl methyl sites for hydroxylation is 1. The Balaban J connectivity index is 2.85. The molecule has 1 aromatic rings. The first-order valence-electron chi connectivity index (χ1n) is 5.36. The van der Waals surface area contributed by atoms with Gasteiger partial charge in [-0.2, -0.15) is 0 Å². The fraction of sp³-hybridized carbons (Fsp3) is 0.600. The van der Waals surface area contributed by atoms with Crippen LogP contribution in [0.2, 0.25) is 0 Å². The Kier molecular flexibility index (Phi) is 4.71. The van der Waals surface area contributed by atoms with E-state index in [2.05, 4.69) is 4.74 Å². The van der Waals surface area contributed by atoms with E-state index in [0.29, 0.717) is 13.0 Å². The standard InChI is InChI=1S/C10H13F3N2O3/c1-2-4-14-5-3-8(16)15(9(14)17)6-7-18-10(11,12)13/h3,5H,2,4,6-7H2,1H3. The van der Waals surface area contributed by atoms with Crippen molar-refractivity contribution in [1.82, 2.24) is 9.13 Å². The zero-order valence-corrected chi connectivity index (χ0v) is 9.74. The molecule has 0 aliphatic rings. The van der Waals surface area contributed by atoms with E-state index in [-0.39, 0.29) is 0 Å². The van der Waals surface area contributed by atoms with Crippen molar-refractivity contribution in [2.75, 3.05) is 6.61 Å². The molecular formula is C10H13F3N2O3. The highest BCUT2D eigenvalue weighted by molar-refractivity contribution is 4.86. The van der Waals surface area contributed by atoms with Gasteiger partial charge in [0.2, 0.25) is 0 Å². The van der Waals surface area contributed by atoms with Crippen LogP contribution in [-0.4, -0.2) is 22.1 Å². The first kappa shape index (κ1) is 14.5. The molecule has 102 valence electrons. The van der Waals surface area contributed by atoms with Crippen LogP contribution in [0.1, 0.15) is 13.3 Å². The molecule has 18 heavy (non-hydrogen) atoms. The van der Waals surface area contributed by atoms with E-state index in [1.165, 1.54) is 10.8 Å². The van der Waals surface area contributed by atoms with Crippen molar-refractivity contribution >= 4 is 0 Å². The summed E-state index contributed by atoms with van der Waals surface area (Å²) in [5.41, 5.74) is -1.27. The second-order valence-corrected chi connectivity index (χ2v) is 3.58. The van der Waals surface area contributed by atoms with E-state index < -0.39 is 30.8 Å². The van der Waals surface area contributed by atoms with E-state index >= 15 is 0 Å². The number of nitrogens with zero attached hydrogens (tertiary/aromatic N) is 2. The van der Waals surface area contributed by atoms with Gasteiger partial charge in [0.25, 0.3) is 5.56 Å². The van der Waals surface area contributed by atoms with Gasteiger partial charge in [-0.15, -0.1) is 13.2 Å². The van der Waals surface area contributed by atoms with E-state index in [0.717, 1.165) is 10.6 Å². The molecule has 0 N–H and O–H groups in total. The largest absolute Gasteiger partial charge is 0.522 e. The second-order valence-electron chi connectivity index (χ2n) is 3.58. The molecule has 0 saturated heterocycles. The van der Waals surface area contributed by atoms with Crippen LogP contribution in [0.15, 0.2) is 21.9 Å². The molecule has 0 aliphatic carbocycles. The molecule has 0 bridgehead atoms. The number of hydrogen-bond acceptors (Lipinski definition) is 3. The van der Waals surface area contributed by atoms with E-state index in [4.69, 9.17) is 0 Å². The highest BCUT2D eigenvalue weighted by Gasteiger charge is 2.28. The molecule has 0 amide bonds. The third kappa shape index (κ3) is 4.02. The minimum absolute atomic E-state index is 0.402. The van der Waals surface area contributed by atoms with Gasteiger partial charge < -0.3 is 4.57 Å². The average Bonchev–Trinajstić information content (AvgIpc) is 2.26. The predicted molar refractivity (Wildman–Crippen MR) is 57.3 cm³/mol. The van der Waals surface area contributed by atoms with Gasteiger partial charge >= 0.3 is 12.1 Å². The summed E-state index contributed by atoms with van der Waals surface area (Å²) in [6.45, 7) is 1.05. The summed E-state index contributed by atoms with van der Waals surface area (Å²) in [6, 6.07) is 1.14. The van der Waals surface area contributed by atoms with Gasteiger partial charge in [-0.25, -0.2) is 4.79 Å². The maximum absolute atomic E-state index is 11.8. The maximum atomic E-state index is 11.8. The molecule has 1 heterocycles. The van der Waals surface area contributed by atoms with Crippen molar-refractivity contribution < 1.29 is 17.9 Å². The van der Waals surface area contributed by atoms with Gasteiger partial charge in [0.15, 0.2) is 0 Å². The minimum Gasteiger partial charge on any atom is -0.300 e. The fourth-order valence-electron chi connectivity index (χ4n) is 1.43. The van der Waals surface area contributed by atoms with Crippen LogP contribution in [0.3, 0.4) is 0 Å². The van der Waals surface area contributed by atoms with Crippen LogP contribution < -0.4 is 11.2 Å². The monoisotopic (exact) mass is 266 g/mol. The Morgan fingerprint density at radius 1 is 1.28 bits per heavy atom. The summed E-state index contributed by atoms with van der Waals surface area (Å²) >= 11 is 0. The average molecular weight is 266 g/mol. The number of aromatic nitrogens is 2. The molecular weight excluding hydrogens is 253 g/mol. The van der Waals surface area contributed by atoms with Crippen LogP contribution in [0.25, 0.3) is 0 Å². The molecule has 8 heteroatoms. The smallest absolute Gasteiger partial charge is 0.300 e. The Labute approximate surface area is 100 Å². The van der Waals surface area contributed by atoms with E-state index in [1.54, 1.807) is 0 Å². The summed E-state index contributed by atoms with van der Waals surface area (Å²) in [4.78, 5) is 23.1. The van der Waals surface area contributed by atoms with Crippen molar-refractivity contribution in [3.8, 4) is 0 Å². The van der Waals surface area contributed by atoms with E-state index in [9.17, 15) is 22.8 Å². The molecule has 0 radical (unpaired) electrons. The van der Waals surface area contributed by atoms with Gasteiger partial charge in [-0.1, -0.05) is 6.92 Å². The van der Waals surface area contributed by atoms with Crippen LogP contribution in [0, 0.1) is 0 Å². The van der Waals surface area contributed by atoms with Crippen LogP contribution in [-0.2, 0) is 17.8 Å². The van der Waals surface area contributed by atoms with Gasteiger partial charge in [-0.3, -0.25) is 14.1 Å². The molecule has 0 aromatic carbocycles. The number of ether oxygens (including phenoxy) is 1. The zero-order valence-electron chi connectivity index (χ0n) is 9.74. The number of rotatable bonds is 5. The number of alkyl halides is 3. The molecule has 0 spiro atoms. The van der Waals surface area contributed by atoms with Gasteiger partial charge in [0.05, 0.1) is 13.2 Å². The Morgan fingerprint density at radius 2 is 1.94 bits per heavy atom. The molecule has 0 atom stereocenters. The predicted octanol–water partition coefficient (Wildman–Crippen LogP) is 0.956. The zero-order chi connectivity index (χ0) is 13.8. The molecule has 1 aromatic heterocycles. The summed E-state index contributed by atoms with van der Waals surface area (Å²) in [7, 11) is 0. The van der Waals surface area contributed by atoms with Gasteiger partial charge in [0.1, 0.15) is 0 Å². The van der Waals surface area contributed by atoms with Crippen LogP contribution in [0.4, 0.5) is 13.2 Å². The summed E-state index contributed by atoms with van der Waals surface area (Å²) in [5, 5.41) is 0. The van der Waals surface area contributed by atoms with Crippen LogP contribution in [0.5, 0.6) is 0 Å². The quantitative estimate of drug-likeness (QED) is 0.797. The minimum atomic E-state index is -4.76. The highest BCUT2D eigenvalue weighted by Crippen LogP contribution is 2.15.